The third kappa shape index (κ3) is 57.7. The van der Waals surface area contributed by atoms with Gasteiger partial charge in [-0.05, 0) is 19.3 Å². The lowest BCUT2D eigenvalue weighted by molar-refractivity contribution is -0.359. The number of nitrogens with one attached hydrogen (secondary N) is 1. The number of allylic oxidation sites excluding steroid dienone is 1. The zero-order chi connectivity index (χ0) is 76.5. The van der Waals surface area contributed by atoms with Crippen LogP contribution in [0.2, 0.25) is 0 Å². The average molecular weight is 1510 g/mol. The fourth-order valence-corrected chi connectivity index (χ4v) is 16.1. The van der Waals surface area contributed by atoms with E-state index in [2.05, 4.69) is 19.2 Å². The number of aliphatic hydroxyl groups excluding tert-OH is 8. The summed E-state index contributed by atoms with van der Waals surface area (Å²) in [5, 5.41) is 87.9. The molecule has 0 radical (unpaired) electrons. The van der Waals surface area contributed by atoms with Gasteiger partial charge in [0.2, 0.25) is 5.91 Å². The van der Waals surface area contributed by atoms with Gasteiger partial charge in [0.1, 0.15) is 48.8 Å². The van der Waals surface area contributed by atoms with Crippen molar-refractivity contribution >= 4 is 5.91 Å². The summed E-state index contributed by atoms with van der Waals surface area (Å²) in [6.45, 7) is 2.90. The van der Waals surface area contributed by atoms with Crippen molar-refractivity contribution in [1.82, 2.24) is 5.32 Å². The Kier molecular flexibility index (Phi) is 72.6. The lowest BCUT2D eigenvalue weighted by atomic mass is 9.97. The highest BCUT2D eigenvalue weighted by molar-refractivity contribution is 5.76. The molecule has 2 aliphatic rings. The second kappa shape index (κ2) is 76.4. The Morgan fingerprint density at radius 2 is 0.585 bits per heavy atom. The summed E-state index contributed by atoms with van der Waals surface area (Å²) >= 11 is 0. The first-order chi connectivity index (χ1) is 52.1. The predicted octanol–water partition coefficient (Wildman–Crippen LogP) is 23.2. The van der Waals surface area contributed by atoms with Crippen LogP contribution in [0.25, 0.3) is 0 Å². The van der Waals surface area contributed by atoms with Gasteiger partial charge in [0.05, 0.1) is 32.0 Å². The molecule has 0 aliphatic carbocycles. The first-order valence-electron chi connectivity index (χ1n) is 46.9. The molecule has 12 unspecified atom stereocenters. The van der Waals surface area contributed by atoms with E-state index >= 15 is 0 Å². The Hall–Kier alpha value is -1.27. The van der Waals surface area contributed by atoms with Crippen LogP contribution in [0.15, 0.2) is 12.2 Å². The smallest absolute Gasteiger partial charge is 0.220 e. The van der Waals surface area contributed by atoms with Crippen molar-refractivity contribution in [3.8, 4) is 0 Å². The average Bonchev–Trinajstić information content (AvgIpc) is 0.789. The summed E-state index contributed by atoms with van der Waals surface area (Å²) in [5.41, 5.74) is 0. The van der Waals surface area contributed by atoms with Crippen LogP contribution < -0.4 is 5.32 Å². The molecule has 14 heteroatoms. The van der Waals surface area contributed by atoms with Crippen molar-refractivity contribution in [2.45, 2.75) is 550 Å². The molecule has 0 spiro atoms. The predicted molar refractivity (Wildman–Crippen MR) is 443 cm³/mol. The molecule has 9 N–H and O–H groups in total. The Morgan fingerprint density at radius 3 is 0.868 bits per heavy atom. The van der Waals surface area contributed by atoms with Crippen molar-refractivity contribution in [3.05, 3.63) is 12.2 Å². The maximum atomic E-state index is 13.4. The Bertz CT molecular complexity index is 1830. The Labute approximate surface area is 654 Å². The van der Waals surface area contributed by atoms with Gasteiger partial charge in [-0.1, -0.05) is 463 Å². The number of rotatable bonds is 82. The minimum Gasteiger partial charge on any atom is -0.394 e. The van der Waals surface area contributed by atoms with Crippen molar-refractivity contribution < 1.29 is 64.6 Å². The second-order valence-electron chi connectivity index (χ2n) is 33.5. The van der Waals surface area contributed by atoms with Gasteiger partial charge < -0.3 is 65.1 Å². The number of hydrogen-bond donors (Lipinski definition) is 9. The lowest BCUT2D eigenvalue weighted by Crippen LogP contribution is -2.65. The van der Waals surface area contributed by atoms with Crippen molar-refractivity contribution in [1.29, 1.82) is 0 Å². The normalized spacial score (nSPS) is 21.2. The van der Waals surface area contributed by atoms with Gasteiger partial charge in [0, 0.05) is 6.42 Å². The van der Waals surface area contributed by atoms with Crippen LogP contribution in [0.5, 0.6) is 0 Å². The van der Waals surface area contributed by atoms with E-state index in [0.717, 1.165) is 44.9 Å². The van der Waals surface area contributed by atoms with E-state index in [1.165, 1.54) is 411 Å². The summed E-state index contributed by atoms with van der Waals surface area (Å²) in [5.74, 6) is -0.227. The van der Waals surface area contributed by atoms with Gasteiger partial charge >= 0.3 is 0 Å². The van der Waals surface area contributed by atoms with E-state index in [9.17, 15) is 45.6 Å². The number of carbonyl (C=O) groups excluding carboxylic acids is 1. The quantitative estimate of drug-likeness (QED) is 0.0204. The molecule has 2 heterocycles. The Morgan fingerprint density at radius 1 is 0.330 bits per heavy atom. The molecule has 0 saturated carbocycles. The number of unbranched alkanes of at least 4 members (excludes halogenated alkanes) is 69. The molecule has 14 nitrogen and oxygen atoms in total. The largest absolute Gasteiger partial charge is 0.394 e. The van der Waals surface area contributed by atoms with Crippen LogP contribution >= 0.6 is 0 Å². The van der Waals surface area contributed by atoms with Gasteiger partial charge in [-0.3, -0.25) is 4.79 Å². The molecule has 2 fully saturated rings. The molecule has 12 atom stereocenters. The van der Waals surface area contributed by atoms with Crippen molar-refractivity contribution in [3.63, 3.8) is 0 Å². The van der Waals surface area contributed by atoms with E-state index in [4.69, 9.17) is 18.9 Å². The minimum absolute atomic E-state index is 0.227. The molecule has 1 amide bonds. The van der Waals surface area contributed by atoms with Crippen LogP contribution in [0.4, 0.5) is 0 Å². The van der Waals surface area contributed by atoms with Crippen molar-refractivity contribution in [2.75, 3.05) is 19.8 Å². The van der Waals surface area contributed by atoms with Crippen LogP contribution in [-0.4, -0.2) is 140 Å². The maximum Gasteiger partial charge on any atom is 0.220 e. The third-order valence-electron chi connectivity index (χ3n) is 23.5. The third-order valence-corrected chi connectivity index (χ3v) is 23.5. The zero-order valence-electron chi connectivity index (χ0n) is 69.7. The van der Waals surface area contributed by atoms with E-state index < -0.39 is 86.8 Å². The number of carbonyl (C=O) groups is 1. The van der Waals surface area contributed by atoms with E-state index in [1.807, 2.05) is 6.08 Å². The van der Waals surface area contributed by atoms with E-state index in [1.54, 1.807) is 6.08 Å². The highest BCUT2D eigenvalue weighted by atomic mass is 16.7. The first kappa shape index (κ1) is 101. The van der Waals surface area contributed by atoms with Crippen LogP contribution in [0, 0.1) is 0 Å². The number of amides is 1. The molecule has 630 valence electrons. The van der Waals surface area contributed by atoms with Crippen LogP contribution in [-0.2, 0) is 23.7 Å². The van der Waals surface area contributed by atoms with Crippen LogP contribution in [0.3, 0.4) is 0 Å². The topological polar surface area (TPSA) is 228 Å². The standard InChI is InChI=1S/C92H179NO13/c1-3-5-7-9-11-13-15-17-19-21-23-25-27-29-31-33-35-37-38-39-40-41-42-44-46-48-50-52-54-56-58-60-62-64-66-68-70-72-74-76-84(97)93-80(79-103-91-89(102)87(100)90(83(78-95)105-91)106-92-88(101)86(99)85(98)82(77-94)104-92)81(96)75-73-71-69-67-65-63-61-59-57-55-53-51-49-47-45-43-36-34-32-30-28-26-24-22-20-18-16-14-12-10-8-6-4-2/h73,75,80-83,85-92,94-96,98-102H,3-72,74,76-79H2,1-2H3,(H,93,97)/b75-73+. The highest BCUT2D eigenvalue weighted by Gasteiger charge is 2.51. The van der Waals surface area contributed by atoms with Gasteiger partial charge in [-0.2, -0.15) is 0 Å². The number of aliphatic hydroxyl groups is 8. The molecule has 2 rings (SSSR count). The molecule has 0 aromatic rings. The summed E-state index contributed by atoms with van der Waals surface area (Å²) in [7, 11) is 0. The maximum absolute atomic E-state index is 13.4. The van der Waals surface area contributed by atoms with E-state index in [-0.39, 0.29) is 18.9 Å². The fourth-order valence-electron chi connectivity index (χ4n) is 16.1. The van der Waals surface area contributed by atoms with Gasteiger partial charge in [0.15, 0.2) is 12.6 Å². The summed E-state index contributed by atoms with van der Waals surface area (Å²) < 4.78 is 23.0. The molecule has 0 bridgehead atoms. The highest BCUT2D eigenvalue weighted by Crippen LogP contribution is 2.31. The second-order valence-corrected chi connectivity index (χ2v) is 33.5. The first-order valence-corrected chi connectivity index (χ1v) is 46.9. The SMILES string of the molecule is CCCCCCCCCCCCCCCCCCCCCCCCCCCCCCCCC/C=C/C(O)C(COC1OC(CO)C(OC2OC(CO)C(O)C(O)C2O)C(O)C1O)NC(=O)CCCCCCCCCCCCCCCCCCCCCCCCCCCCCCCCCCCCCCCCC. The molecule has 2 saturated heterocycles. The Balaban J connectivity index is 1.54. The van der Waals surface area contributed by atoms with Crippen LogP contribution in [0.1, 0.15) is 476 Å². The fraction of sp³-hybridized carbons (Fsp3) is 0.967. The number of hydrogen-bond acceptors (Lipinski definition) is 13. The minimum atomic E-state index is -1.79. The van der Waals surface area contributed by atoms with Gasteiger partial charge in [-0.25, -0.2) is 0 Å². The molecule has 0 aromatic heterocycles. The zero-order valence-corrected chi connectivity index (χ0v) is 69.7. The number of ether oxygens (including phenoxy) is 4. The molecular formula is C92H179NO13. The molecule has 2 aliphatic heterocycles. The van der Waals surface area contributed by atoms with Gasteiger partial charge in [0.25, 0.3) is 0 Å². The summed E-state index contributed by atoms with van der Waals surface area (Å²) in [4.78, 5) is 13.4. The molecule has 0 aromatic carbocycles. The van der Waals surface area contributed by atoms with E-state index in [0.29, 0.717) is 0 Å². The molecule has 106 heavy (non-hydrogen) atoms. The summed E-state index contributed by atoms with van der Waals surface area (Å²) in [6, 6.07) is -0.914. The summed E-state index contributed by atoms with van der Waals surface area (Å²) in [6.07, 6.45) is 83.6. The monoisotopic (exact) mass is 1510 g/mol. The van der Waals surface area contributed by atoms with Gasteiger partial charge in [-0.15, -0.1) is 0 Å². The lowest BCUT2D eigenvalue weighted by Gasteiger charge is -2.46. The molecular weight excluding hydrogens is 1330 g/mol. The van der Waals surface area contributed by atoms with Crippen molar-refractivity contribution in [2.24, 2.45) is 0 Å².